The van der Waals surface area contributed by atoms with Gasteiger partial charge in [-0.15, -0.1) is 0 Å². The minimum Gasteiger partial charge on any atom is -0.497 e. The average Bonchev–Trinajstić information content (AvgIpc) is 3.07. The summed E-state index contributed by atoms with van der Waals surface area (Å²) in [6.07, 6.45) is 3.66. The van der Waals surface area contributed by atoms with E-state index in [-0.39, 0.29) is 11.6 Å². The second-order valence-corrected chi connectivity index (χ2v) is 5.98. The van der Waals surface area contributed by atoms with Crippen molar-refractivity contribution in [3.05, 3.63) is 70.9 Å². The van der Waals surface area contributed by atoms with Crippen molar-refractivity contribution in [2.24, 2.45) is 4.99 Å². The highest BCUT2D eigenvalue weighted by atomic mass is 16.6. The largest absolute Gasteiger partial charge is 0.497 e. The molecule has 6 heteroatoms. The van der Waals surface area contributed by atoms with Crippen molar-refractivity contribution in [3.63, 3.8) is 0 Å². The zero-order valence-electron chi connectivity index (χ0n) is 14.9. The summed E-state index contributed by atoms with van der Waals surface area (Å²) in [5.41, 5.74) is 2.63. The van der Waals surface area contributed by atoms with Crippen LogP contribution in [0.15, 0.2) is 64.8 Å². The van der Waals surface area contributed by atoms with Gasteiger partial charge in [0.2, 0.25) is 5.90 Å². The zero-order chi connectivity index (χ0) is 18.8. The summed E-state index contributed by atoms with van der Waals surface area (Å²) in [5.74, 6) is 1.69. The number of cyclic esters (lactones) is 1. The molecular formula is C21H17NO5. The molecule has 2 aliphatic heterocycles. The Bertz CT molecular complexity index is 981. The summed E-state index contributed by atoms with van der Waals surface area (Å²) in [6.45, 7) is 0.367. The van der Waals surface area contributed by atoms with Gasteiger partial charge < -0.3 is 18.9 Å². The van der Waals surface area contributed by atoms with Crippen molar-refractivity contribution >= 4 is 17.9 Å². The first-order chi connectivity index (χ1) is 13.2. The maximum absolute atomic E-state index is 12.3. The van der Waals surface area contributed by atoms with Crippen LogP contribution < -0.4 is 14.2 Å². The molecule has 2 aliphatic rings. The molecule has 0 aromatic heterocycles. The van der Waals surface area contributed by atoms with Crippen molar-refractivity contribution in [1.29, 1.82) is 0 Å². The van der Waals surface area contributed by atoms with E-state index in [4.69, 9.17) is 18.9 Å². The smallest absolute Gasteiger partial charge is 0.363 e. The number of ether oxygens (including phenoxy) is 4. The van der Waals surface area contributed by atoms with E-state index in [9.17, 15) is 4.79 Å². The summed E-state index contributed by atoms with van der Waals surface area (Å²) < 4.78 is 21.5. The molecule has 0 fully saturated rings. The maximum atomic E-state index is 12.3. The lowest BCUT2D eigenvalue weighted by atomic mass is 10.1. The van der Waals surface area contributed by atoms with Crippen LogP contribution in [0.1, 0.15) is 11.1 Å². The van der Waals surface area contributed by atoms with E-state index in [1.165, 1.54) is 0 Å². The van der Waals surface area contributed by atoms with Gasteiger partial charge in [0.15, 0.2) is 5.70 Å². The summed E-state index contributed by atoms with van der Waals surface area (Å²) in [4.78, 5) is 16.6. The number of esters is 1. The van der Waals surface area contributed by atoms with Gasteiger partial charge in [-0.2, -0.15) is 0 Å². The lowest BCUT2D eigenvalue weighted by Gasteiger charge is -2.15. The van der Waals surface area contributed by atoms with Gasteiger partial charge in [0.25, 0.3) is 0 Å². The van der Waals surface area contributed by atoms with Crippen molar-refractivity contribution in [1.82, 2.24) is 0 Å². The molecule has 0 N–H and O–H groups in total. The van der Waals surface area contributed by atoms with Gasteiger partial charge in [0.05, 0.1) is 14.2 Å². The summed E-state index contributed by atoms with van der Waals surface area (Å²) in [6, 6.07) is 12.9. The Morgan fingerprint density at radius 3 is 2.56 bits per heavy atom. The molecule has 0 spiro atoms. The number of methoxy groups -OCH3 is 2. The molecule has 0 atom stereocenters. The second kappa shape index (κ2) is 6.99. The van der Waals surface area contributed by atoms with Gasteiger partial charge in [0, 0.05) is 17.2 Å². The molecule has 136 valence electrons. The number of para-hydroxylation sites is 1. The Hall–Kier alpha value is -3.54. The molecule has 27 heavy (non-hydrogen) atoms. The van der Waals surface area contributed by atoms with E-state index in [1.54, 1.807) is 38.5 Å². The minimum atomic E-state index is -0.508. The van der Waals surface area contributed by atoms with Crippen LogP contribution in [0, 0.1) is 0 Å². The third-order valence-corrected chi connectivity index (χ3v) is 4.20. The number of aliphatic imine (C=N–C) groups is 1. The fourth-order valence-electron chi connectivity index (χ4n) is 2.86. The summed E-state index contributed by atoms with van der Waals surface area (Å²) >= 11 is 0. The number of rotatable bonds is 4. The van der Waals surface area contributed by atoms with Crippen LogP contribution in [0.4, 0.5) is 0 Å². The Kier molecular flexibility index (Phi) is 4.38. The van der Waals surface area contributed by atoms with Gasteiger partial charge in [-0.25, -0.2) is 9.79 Å². The number of hydrogen-bond donors (Lipinski definition) is 0. The maximum Gasteiger partial charge on any atom is 0.363 e. The standard InChI is InChI=1S/C21H17NO5/c1-24-16-9-15(10-17(11-16)25-2)20-22-18(21(23)27-20)8-13-7-14-5-3-4-6-19(14)26-12-13/h3-11H,12H2,1-2H3/b18-8+. The first-order valence-electron chi connectivity index (χ1n) is 8.34. The van der Waals surface area contributed by atoms with Crippen LogP contribution in [0.5, 0.6) is 17.2 Å². The predicted molar refractivity (Wildman–Crippen MR) is 100 cm³/mol. The molecule has 0 saturated carbocycles. The minimum absolute atomic E-state index is 0.209. The molecule has 0 radical (unpaired) electrons. The molecule has 6 nitrogen and oxygen atoms in total. The van der Waals surface area contributed by atoms with Crippen LogP contribution >= 0.6 is 0 Å². The van der Waals surface area contributed by atoms with Gasteiger partial charge in [-0.05, 0) is 35.9 Å². The van der Waals surface area contributed by atoms with E-state index in [2.05, 4.69) is 4.99 Å². The van der Waals surface area contributed by atoms with Crippen LogP contribution in [0.2, 0.25) is 0 Å². The predicted octanol–water partition coefficient (Wildman–Crippen LogP) is 3.37. The summed E-state index contributed by atoms with van der Waals surface area (Å²) in [7, 11) is 3.11. The third kappa shape index (κ3) is 3.42. The third-order valence-electron chi connectivity index (χ3n) is 4.20. The van der Waals surface area contributed by atoms with Crippen molar-refractivity contribution in [3.8, 4) is 17.2 Å². The lowest BCUT2D eigenvalue weighted by molar-refractivity contribution is -0.130. The molecule has 0 saturated heterocycles. The first kappa shape index (κ1) is 16.9. The Morgan fingerprint density at radius 1 is 1.07 bits per heavy atom. The molecule has 2 aromatic rings. The zero-order valence-corrected chi connectivity index (χ0v) is 14.9. The molecule has 0 aliphatic carbocycles. The van der Waals surface area contributed by atoms with Crippen molar-refractivity contribution in [2.45, 2.75) is 0 Å². The van der Waals surface area contributed by atoms with Crippen LogP contribution in [0.3, 0.4) is 0 Å². The summed E-state index contributed by atoms with van der Waals surface area (Å²) in [5, 5.41) is 0. The van der Waals surface area contributed by atoms with Crippen LogP contribution in [-0.2, 0) is 9.53 Å². The van der Waals surface area contributed by atoms with E-state index in [0.29, 0.717) is 23.7 Å². The average molecular weight is 363 g/mol. The molecule has 2 heterocycles. The van der Waals surface area contributed by atoms with E-state index < -0.39 is 5.97 Å². The van der Waals surface area contributed by atoms with E-state index in [1.807, 2.05) is 30.3 Å². The number of nitrogens with zero attached hydrogens (tertiary/aromatic N) is 1. The molecule has 4 rings (SSSR count). The number of benzene rings is 2. The Morgan fingerprint density at radius 2 is 1.81 bits per heavy atom. The highest BCUT2D eigenvalue weighted by Crippen LogP contribution is 2.29. The highest BCUT2D eigenvalue weighted by molar-refractivity contribution is 6.11. The Balaban J connectivity index is 1.66. The van der Waals surface area contributed by atoms with Crippen LogP contribution in [-0.4, -0.2) is 32.7 Å². The molecule has 0 bridgehead atoms. The highest BCUT2D eigenvalue weighted by Gasteiger charge is 2.25. The van der Waals surface area contributed by atoms with E-state index in [0.717, 1.165) is 16.9 Å². The number of hydrogen-bond acceptors (Lipinski definition) is 6. The quantitative estimate of drug-likeness (QED) is 0.615. The normalized spacial score (nSPS) is 16.8. The fourth-order valence-corrected chi connectivity index (χ4v) is 2.86. The molecule has 0 unspecified atom stereocenters. The number of fused-ring (bicyclic) bond motifs is 1. The van der Waals surface area contributed by atoms with Crippen molar-refractivity contribution in [2.75, 3.05) is 20.8 Å². The van der Waals surface area contributed by atoms with Gasteiger partial charge in [-0.3, -0.25) is 0 Å². The topological polar surface area (TPSA) is 66.3 Å². The molecule has 0 amide bonds. The SMILES string of the molecule is COc1cc(OC)cc(C2=N/C(=C/C3=Cc4ccccc4OC3)C(=O)O2)c1. The monoisotopic (exact) mass is 363 g/mol. The Labute approximate surface area is 156 Å². The lowest BCUT2D eigenvalue weighted by Crippen LogP contribution is -2.08. The van der Waals surface area contributed by atoms with Crippen molar-refractivity contribution < 1.29 is 23.7 Å². The molecule has 2 aromatic carbocycles. The first-order valence-corrected chi connectivity index (χ1v) is 8.34. The van der Waals surface area contributed by atoms with Gasteiger partial charge >= 0.3 is 5.97 Å². The number of carbonyl (C=O) groups is 1. The van der Waals surface area contributed by atoms with Crippen LogP contribution in [0.25, 0.3) is 6.08 Å². The van der Waals surface area contributed by atoms with E-state index >= 15 is 0 Å². The number of carbonyl (C=O) groups excluding carboxylic acids is 1. The van der Waals surface area contributed by atoms with Gasteiger partial charge in [0.1, 0.15) is 23.9 Å². The van der Waals surface area contributed by atoms with Gasteiger partial charge in [-0.1, -0.05) is 18.2 Å². The molecular weight excluding hydrogens is 346 g/mol. The fraction of sp³-hybridized carbons (Fsp3) is 0.143. The second-order valence-electron chi connectivity index (χ2n) is 5.98.